The average molecular weight is 609 g/mol. The Morgan fingerprint density at radius 1 is 1.02 bits per heavy atom. The van der Waals surface area contributed by atoms with Gasteiger partial charge >= 0.3 is 0 Å². The zero-order chi connectivity index (χ0) is 31.7. The summed E-state index contributed by atoms with van der Waals surface area (Å²) in [4.78, 5) is 45.0. The van der Waals surface area contributed by atoms with E-state index in [0.29, 0.717) is 33.5 Å². The van der Waals surface area contributed by atoms with Gasteiger partial charge in [0, 0.05) is 41.9 Å². The van der Waals surface area contributed by atoms with E-state index < -0.39 is 24.2 Å². The zero-order valence-electron chi connectivity index (χ0n) is 24.5. The number of carbonyl (C=O) groups is 3. The molecule has 1 saturated carbocycles. The predicted molar refractivity (Wildman–Crippen MR) is 166 cm³/mol. The molecule has 0 unspecified atom stereocenters. The van der Waals surface area contributed by atoms with Crippen LogP contribution in [0.4, 0.5) is 10.2 Å². The minimum absolute atomic E-state index is 0.00591. The van der Waals surface area contributed by atoms with E-state index >= 15 is 0 Å². The third-order valence-corrected chi connectivity index (χ3v) is 7.49. The van der Waals surface area contributed by atoms with Crippen molar-refractivity contribution in [2.75, 3.05) is 25.7 Å². The molecule has 3 amide bonds. The van der Waals surface area contributed by atoms with Crippen molar-refractivity contribution < 1.29 is 32.7 Å². The highest BCUT2D eigenvalue weighted by atomic mass is 19.1. The van der Waals surface area contributed by atoms with Gasteiger partial charge in [-0.2, -0.15) is 0 Å². The number of nitrogens with one attached hydrogen (secondary N) is 1. The summed E-state index contributed by atoms with van der Waals surface area (Å²) >= 11 is 0. The summed E-state index contributed by atoms with van der Waals surface area (Å²) < 4.78 is 31.2. The van der Waals surface area contributed by atoms with Crippen molar-refractivity contribution in [2.45, 2.75) is 18.9 Å². The van der Waals surface area contributed by atoms with E-state index in [1.807, 2.05) is 6.07 Å². The van der Waals surface area contributed by atoms with Crippen LogP contribution in [0, 0.1) is 5.82 Å². The Balaban J connectivity index is 1.53. The van der Waals surface area contributed by atoms with E-state index in [9.17, 15) is 18.8 Å². The van der Waals surface area contributed by atoms with Crippen LogP contribution in [0.1, 0.15) is 33.6 Å². The van der Waals surface area contributed by atoms with Crippen molar-refractivity contribution >= 4 is 34.5 Å². The molecule has 0 atom stereocenters. The second-order valence-electron chi connectivity index (χ2n) is 10.5. The predicted octanol–water partition coefficient (Wildman–Crippen LogP) is 5.34. The first kappa shape index (κ1) is 29.4. The van der Waals surface area contributed by atoms with Crippen molar-refractivity contribution in [3.8, 4) is 33.9 Å². The molecule has 1 fully saturated rings. The van der Waals surface area contributed by atoms with Crippen LogP contribution in [0.25, 0.3) is 33.4 Å². The molecule has 10 nitrogen and oxygen atoms in total. The number of rotatable bonds is 10. The number of fused-ring (bicyclic) bond motifs is 1. The molecule has 45 heavy (non-hydrogen) atoms. The largest absolute Gasteiger partial charge is 0.496 e. The number of anilines is 1. The van der Waals surface area contributed by atoms with E-state index in [4.69, 9.17) is 19.6 Å². The molecule has 2 aromatic heterocycles. The maximum absolute atomic E-state index is 14.1. The molecule has 5 aromatic rings. The van der Waals surface area contributed by atoms with Gasteiger partial charge in [0.15, 0.2) is 6.61 Å². The molecule has 6 rings (SSSR count). The van der Waals surface area contributed by atoms with Crippen LogP contribution in [-0.4, -0.2) is 49.5 Å². The number of ether oxygens (including phenoxy) is 2. The summed E-state index contributed by atoms with van der Waals surface area (Å²) in [6, 6.07) is 19.4. The van der Waals surface area contributed by atoms with Crippen LogP contribution in [0.2, 0.25) is 0 Å². The Labute approximate surface area is 257 Å². The molecule has 0 spiro atoms. The van der Waals surface area contributed by atoms with E-state index in [1.165, 1.54) is 44.5 Å². The highest BCUT2D eigenvalue weighted by Gasteiger charge is 2.36. The van der Waals surface area contributed by atoms with Gasteiger partial charge < -0.3 is 24.9 Å². The number of hydrogen-bond acceptors (Lipinski definition) is 7. The number of nitrogens with two attached hydrogens (primary N) is 1. The summed E-state index contributed by atoms with van der Waals surface area (Å²) in [5.74, 6) is -0.568. The van der Waals surface area contributed by atoms with Crippen LogP contribution in [-0.2, 0) is 4.79 Å². The van der Waals surface area contributed by atoms with Crippen LogP contribution in [0.5, 0.6) is 11.5 Å². The Hall–Kier alpha value is -5.71. The van der Waals surface area contributed by atoms with E-state index in [0.717, 1.165) is 12.8 Å². The van der Waals surface area contributed by atoms with Crippen molar-refractivity contribution in [1.29, 1.82) is 0 Å². The molecular weight excluding hydrogens is 579 g/mol. The second-order valence-corrected chi connectivity index (χ2v) is 10.5. The summed E-state index contributed by atoms with van der Waals surface area (Å²) in [6.45, 7) is -0.419. The van der Waals surface area contributed by atoms with E-state index in [2.05, 4.69) is 10.3 Å². The summed E-state index contributed by atoms with van der Waals surface area (Å²) in [5.41, 5.74) is 7.84. The third-order valence-electron chi connectivity index (χ3n) is 7.49. The molecule has 3 aromatic carbocycles. The van der Waals surface area contributed by atoms with Crippen LogP contribution >= 0.6 is 0 Å². The number of benzene rings is 3. The molecule has 0 radical (unpaired) electrons. The highest BCUT2D eigenvalue weighted by Crippen LogP contribution is 2.42. The number of furan rings is 1. The third kappa shape index (κ3) is 5.79. The summed E-state index contributed by atoms with van der Waals surface area (Å²) in [5, 5.41) is 3.12. The average Bonchev–Trinajstić information content (AvgIpc) is 3.82. The van der Waals surface area contributed by atoms with Gasteiger partial charge in [-0.1, -0.05) is 12.1 Å². The van der Waals surface area contributed by atoms with Crippen LogP contribution in [0.3, 0.4) is 0 Å². The maximum Gasteiger partial charge on any atom is 0.263 e. The fraction of sp³-hybridized carbons (Fsp3) is 0.176. The summed E-state index contributed by atoms with van der Waals surface area (Å²) in [7, 11) is 2.94. The minimum Gasteiger partial charge on any atom is -0.496 e. The molecular formula is C34H29FN4O6. The van der Waals surface area contributed by atoms with Gasteiger partial charge in [-0.05, 0) is 73.0 Å². The molecule has 0 saturated heterocycles. The molecule has 0 aliphatic heterocycles. The Kier molecular flexibility index (Phi) is 7.91. The number of aromatic nitrogens is 1. The van der Waals surface area contributed by atoms with Gasteiger partial charge in [0.05, 0.1) is 18.2 Å². The van der Waals surface area contributed by atoms with E-state index in [1.54, 1.807) is 47.5 Å². The van der Waals surface area contributed by atoms with Crippen LogP contribution in [0.15, 0.2) is 83.4 Å². The van der Waals surface area contributed by atoms with Gasteiger partial charge in [-0.15, -0.1) is 0 Å². The Morgan fingerprint density at radius 3 is 2.42 bits per heavy atom. The van der Waals surface area contributed by atoms with Crippen molar-refractivity contribution in [1.82, 2.24) is 10.3 Å². The van der Waals surface area contributed by atoms with Gasteiger partial charge in [0.1, 0.15) is 34.5 Å². The SMILES string of the molecule is CNC(=O)c1c(-c2ccc(F)cc2)oc2ccc(-c3cc(C(=O)N(c4ccccn4)C4CC4)c(OC)cc3OCC(N)=O)cc12. The second kappa shape index (κ2) is 12.1. The van der Waals surface area contributed by atoms with Gasteiger partial charge in [0.2, 0.25) is 0 Å². The standard InChI is InChI=1S/C34H29FN4O6/c1-37-33(41)31-24-15-20(8-13-26(24)45-32(31)19-6-9-21(35)10-7-19)23-16-25(27(43-2)17-28(23)44-18-29(36)40)34(42)39(22-11-12-22)30-5-3-4-14-38-30/h3-10,13-17,22H,11-12,18H2,1-2H3,(H2,36,40)(H,37,41). The zero-order valence-corrected chi connectivity index (χ0v) is 24.5. The number of primary amides is 1. The van der Waals surface area contributed by atoms with Crippen molar-refractivity contribution in [3.05, 3.63) is 95.9 Å². The monoisotopic (exact) mass is 608 g/mol. The van der Waals surface area contributed by atoms with E-state index in [-0.39, 0.29) is 40.3 Å². The summed E-state index contributed by atoms with van der Waals surface area (Å²) in [6.07, 6.45) is 3.31. The quantitative estimate of drug-likeness (QED) is 0.218. The minimum atomic E-state index is -0.689. The molecule has 2 heterocycles. The number of hydrogen-bond donors (Lipinski definition) is 2. The van der Waals surface area contributed by atoms with Gasteiger partial charge in [-0.25, -0.2) is 9.37 Å². The molecule has 1 aliphatic carbocycles. The number of carbonyl (C=O) groups excluding carboxylic acids is 3. The molecule has 1 aliphatic rings. The first-order valence-electron chi connectivity index (χ1n) is 14.2. The maximum atomic E-state index is 14.1. The number of amides is 3. The lowest BCUT2D eigenvalue weighted by atomic mass is 9.97. The fourth-order valence-electron chi connectivity index (χ4n) is 5.23. The smallest absolute Gasteiger partial charge is 0.263 e. The Bertz CT molecular complexity index is 1920. The molecule has 11 heteroatoms. The number of methoxy groups -OCH3 is 1. The molecule has 0 bridgehead atoms. The normalized spacial score (nSPS) is 12.5. The van der Waals surface area contributed by atoms with Crippen molar-refractivity contribution in [2.24, 2.45) is 5.73 Å². The van der Waals surface area contributed by atoms with Crippen LogP contribution < -0.4 is 25.4 Å². The number of pyridine rings is 1. The highest BCUT2D eigenvalue weighted by molar-refractivity contribution is 6.12. The Morgan fingerprint density at radius 2 is 1.78 bits per heavy atom. The topological polar surface area (TPSA) is 137 Å². The number of nitrogens with zero attached hydrogens (tertiary/aromatic N) is 2. The lowest BCUT2D eigenvalue weighted by Gasteiger charge is -2.23. The van der Waals surface area contributed by atoms with Crippen molar-refractivity contribution in [3.63, 3.8) is 0 Å². The first-order valence-corrected chi connectivity index (χ1v) is 14.2. The first-order chi connectivity index (χ1) is 21.8. The lowest BCUT2D eigenvalue weighted by molar-refractivity contribution is -0.119. The fourth-order valence-corrected chi connectivity index (χ4v) is 5.23. The van der Waals surface area contributed by atoms with Gasteiger partial charge in [-0.3, -0.25) is 19.3 Å². The number of halogens is 1. The van der Waals surface area contributed by atoms with Gasteiger partial charge in [0.25, 0.3) is 17.7 Å². The molecule has 228 valence electrons. The lowest BCUT2D eigenvalue weighted by Crippen LogP contribution is -2.34. The molecule has 3 N–H and O–H groups in total.